The first-order valence-corrected chi connectivity index (χ1v) is 3.72. The Morgan fingerprint density at radius 1 is 1.44 bits per heavy atom. The van der Waals surface area contributed by atoms with Gasteiger partial charge in [0.1, 0.15) is 0 Å². The SMILES string of the molecule is O[C@H]1C[C@H]2C=CCC[C@H]21. The van der Waals surface area contributed by atoms with E-state index in [1.807, 2.05) is 0 Å². The summed E-state index contributed by atoms with van der Waals surface area (Å²) in [5.74, 6) is 1.35. The zero-order chi connectivity index (χ0) is 6.27. The molecule has 0 amide bonds. The molecule has 9 heavy (non-hydrogen) atoms. The minimum atomic E-state index is 0.0277. The third-order valence-corrected chi connectivity index (χ3v) is 2.61. The van der Waals surface area contributed by atoms with E-state index in [0.29, 0.717) is 5.92 Å². The van der Waals surface area contributed by atoms with Gasteiger partial charge in [0.25, 0.3) is 0 Å². The van der Waals surface area contributed by atoms with Crippen LogP contribution in [0.15, 0.2) is 12.2 Å². The van der Waals surface area contributed by atoms with Crippen LogP contribution < -0.4 is 0 Å². The van der Waals surface area contributed by atoms with Crippen LogP contribution in [0, 0.1) is 11.8 Å². The van der Waals surface area contributed by atoms with Crippen LogP contribution in [0.3, 0.4) is 0 Å². The fraction of sp³-hybridized carbons (Fsp3) is 0.750. The Morgan fingerprint density at radius 3 is 2.89 bits per heavy atom. The van der Waals surface area contributed by atoms with Gasteiger partial charge in [-0.05, 0) is 31.1 Å². The van der Waals surface area contributed by atoms with Crippen molar-refractivity contribution in [1.82, 2.24) is 0 Å². The summed E-state index contributed by atoms with van der Waals surface area (Å²) in [5, 5.41) is 9.21. The maximum Gasteiger partial charge on any atom is 0.0579 e. The van der Waals surface area contributed by atoms with Crippen molar-refractivity contribution in [3.05, 3.63) is 12.2 Å². The van der Waals surface area contributed by atoms with Gasteiger partial charge in [-0.15, -0.1) is 0 Å². The third-order valence-electron chi connectivity index (χ3n) is 2.61. The van der Waals surface area contributed by atoms with Crippen molar-refractivity contribution in [1.29, 1.82) is 0 Å². The normalized spacial score (nSPS) is 47.9. The van der Waals surface area contributed by atoms with Gasteiger partial charge >= 0.3 is 0 Å². The summed E-state index contributed by atoms with van der Waals surface area (Å²) >= 11 is 0. The number of rotatable bonds is 0. The molecule has 0 aliphatic heterocycles. The van der Waals surface area contributed by atoms with Crippen LogP contribution in [0.4, 0.5) is 0 Å². The standard InChI is InChI=1S/C8H12O/c9-8-5-6-3-1-2-4-7(6)8/h1,3,6-9H,2,4-5H2/t6-,7-,8+/m1/s1. The van der Waals surface area contributed by atoms with Crippen molar-refractivity contribution in [2.75, 3.05) is 0 Å². The molecule has 1 nitrogen and oxygen atoms in total. The van der Waals surface area contributed by atoms with Crippen LogP contribution in [-0.2, 0) is 0 Å². The van der Waals surface area contributed by atoms with E-state index in [0.717, 1.165) is 12.3 Å². The number of allylic oxidation sites excluding steroid dienone is 2. The van der Waals surface area contributed by atoms with E-state index in [1.165, 1.54) is 12.8 Å². The lowest BCUT2D eigenvalue weighted by Gasteiger charge is -2.42. The summed E-state index contributed by atoms with van der Waals surface area (Å²) in [5.41, 5.74) is 0. The number of fused-ring (bicyclic) bond motifs is 1. The largest absolute Gasteiger partial charge is 0.393 e. The smallest absolute Gasteiger partial charge is 0.0579 e. The lowest BCUT2D eigenvalue weighted by molar-refractivity contribution is -0.0202. The third kappa shape index (κ3) is 0.715. The lowest BCUT2D eigenvalue weighted by atomic mass is 9.66. The molecule has 0 heterocycles. The number of aliphatic hydroxyl groups excluding tert-OH is 1. The molecule has 0 saturated heterocycles. The van der Waals surface area contributed by atoms with Gasteiger partial charge in [-0.3, -0.25) is 0 Å². The molecule has 0 radical (unpaired) electrons. The molecule has 0 spiro atoms. The fourth-order valence-corrected chi connectivity index (χ4v) is 1.91. The number of hydrogen-bond acceptors (Lipinski definition) is 1. The molecule has 2 aliphatic rings. The van der Waals surface area contributed by atoms with Crippen molar-refractivity contribution in [2.24, 2.45) is 11.8 Å². The Labute approximate surface area is 55.4 Å². The minimum Gasteiger partial charge on any atom is -0.393 e. The fourth-order valence-electron chi connectivity index (χ4n) is 1.91. The molecule has 1 N–H and O–H groups in total. The summed E-state index contributed by atoms with van der Waals surface area (Å²) in [4.78, 5) is 0. The first-order valence-electron chi connectivity index (χ1n) is 3.72. The van der Waals surface area contributed by atoms with Gasteiger partial charge in [0.2, 0.25) is 0 Å². The molecule has 0 aromatic carbocycles. The van der Waals surface area contributed by atoms with Gasteiger partial charge in [0, 0.05) is 0 Å². The molecule has 2 aliphatic carbocycles. The predicted octanol–water partition coefficient (Wildman–Crippen LogP) is 1.33. The Bertz CT molecular complexity index is 140. The predicted molar refractivity (Wildman–Crippen MR) is 36.0 cm³/mol. The molecule has 0 bridgehead atoms. The summed E-state index contributed by atoms with van der Waals surface area (Å²) in [6.45, 7) is 0. The monoisotopic (exact) mass is 124 g/mol. The van der Waals surface area contributed by atoms with Gasteiger partial charge < -0.3 is 5.11 Å². The second-order valence-corrected chi connectivity index (χ2v) is 3.14. The zero-order valence-electron chi connectivity index (χ0n) is 5.46. The lowest BCUT2D eigenvalue weighted by Crippen LogP contribution is -2.41. The van der Waals surface area contributed by atoms with Crippen LogP contribution in [0.1, 0.15) is 19.3 Å². The molecule has 0 aromatic heterocycles. The summed E-state index contributed by atoms with van der Waals surface area (Å²) in [6, 6.07) is 0. The molecule has 0 unspecified atom stereocenters. The molecule has 1 heteroatoms. The Hall–Kier alpha value is -0.300. The first-order chi connectivity index (χ1) is 4.38. The second kappa shape index (κ2) is 1.84. The molecule has 1 saturated carbocycles. The summed E-state index contributed by atoms with van der Waals surface area (Å²) < 4.78 is 0. The van der Waals surface area contributed by atoms with Crippen molar-refractivity contribution in [3.63, 3.8) is 0 Å². The topological polar surface area (TPSA) is 20.2 Å². The van der Waals surface area contributed by atoms with Gasteiger partial charge in [-0.25, -0.2) is 0 Å². The molecular weight excluding hydrogens is 112 g/mol. The van der Waals surface area contributed by atoms with E-state index in [2.05, 4.69) is 12.2 Å². The highest BCUT2D eigenvalue weighted by Crippen LogP contribution is 2.41. The minimum absolute atomic E-state index is 0.0277. The molecule has 0 aromatic rings. The highest BCUT2D eigenvalue weighted by atomic mass is 16.3. The van der Waals surface area contributed by atoms with Crippen molar-refractivity contribution >= 4 is 0 Å². The number of hydrogen-bond donors (Lipinski definition) is 1. The van der Waals surface area contributed by atoms with Crippen LogP contribution in [0.5, 0.6) is 0 Å². The summed E-state index contributed by atoms with van der Waals surface area (Å²) in [6.07, 6.45) is 7.94. The zero-order valence-corrected chi connectivity index (χ0v) is 5.46. The molecule has 3 atom stereocenters. The van der Waals surface area contributed by atoms with Crippen LogP contribution >= 0.6 is 0 Å². The highest BCUT2D eigenvalue weighted by molar-refractivity contribution is 5.05. The maximum atomic E-state index is 9.21. The van der Waals surface area contributed by atoms with Gasteiger partial charge in [-0.1, -0.05) is 12.2 Å². The summed E-state index contributed by atoms with van der Waals surface area (Å²) in [7, 11) is 0. The first kappa shape index (κ1) is 5.48. The quantitative estimate of drug-likeness (QED) is 0.483. The molecule has 1 fully saturated rings. The maximum absolute atomic E-state index is 9.21. The van der Waals surface area contributed by atoms with Gasteiger partial charge in [-0.2, -0.15) is 0 Å². The van der Waals surface area contributed by atoms with Crippen LogP contribution in [0.2, 0.25) is 0 Å². The van der Waals surface area contributed by atoms with Gasteiger partial charge in [0.05, 0.1) is 6.10 Å². The van der Waals surface area contributed by atoms with Crippen molar-refractivity contribution in [3.8, 4) is 0 Å². The highest BCUT2D eigenvalue weighted by Gasteiger charge is 2.38. The van der Waals surface area contributed by atoms with E-state index in [4.69, 9.17) is 0 Å². The molecule has 50 valence electrons. The van der Waals surface area contributed by atoms with Crippen molar-refractivity contribution in [2.45, 2.75) is 25.4 Å². The van der Waals surface area contributed by atoms with E-state index < -0.39 is 0 Å². The van der Waals surface area contributed by atoms with E-state index >= 15 is 0 Å². The number of aliphatic hydroxyl groups is 1. The van der Waals surface area contributed by atoms with E-state index in [1.54, 1.807) is 0 Å². The molecular formula is C8H12O. The van der Waals surface area contributed by atoms with Gasteiger partial charge in [0.15, 0.2) is 0 Å². The Kier molecular flexibility index (Phi) is 1.12. The Morgan fingerprint density at radius 2 is 2.33 bits per heavy atom. The average Bonchev–Trinajstić information content (AvgIpc) is 1.86. The van der Waals surface area contributed by atoms with E-state index in [9.17, 15) is 5.11 Å². The van der Waals surface area contributed by atoms with Crippen LogP contribution in [-0.4, -0.2) is 11.2 Å². The van der Waals surface area contributed by atoms with Crippen LogP contribution in [0.25, 0.3) is 0 Å². The van der Waals surface area contributed by atoms with E-state index in [-0.39, 0.29) is 6.10 Å². The average molecular weight is 124 g/mol. The Balaban J connectivity index is 2.06. The van der Waals surface area contributed by atoms with Crippen molar-refractivity contribution < 1.29 is 5.11 Å². The molecule has 2 rings (SSSR count). The second-order valence-electron chi connectivity index (χ2n) is 3.14.